The second kappa shape index (κ2) is 25.7. The van der Waals surface area contributed by atoms with Crippen LogP contribution in [0.15, 0.2) is 248 Å². The molecule has 1 saturated carbocycles. The van der Waals surface area contributed by atoms with E-state index in [0.29, 0.717) is 0 Å². The molecule has 1 fully saturated rings. The maximum absolute atomic E-state index is 5.67. The van der Waals surface area contributed by atoms with Gasteiger partial charge in [-0.1, -0.05) is 243 Å². The van der Waals surface area contributed by atoms with Gasteiger partial charge in [-0.3, -0.25) is 0 Å². The van der Waals surface area contributed by atoms with Gasteiger partial charge in [0.25, 0.3) is 0 Å². The number of nitrogens with zero attached hydrogens (tertiary/aromatic N) is 1. The molecule has 2 aliphatic rings. The fourth-order valence-corrected chi connectivity index (χ4v) is 11.7. The van der Waals surface area contributed by atoms with Gasteiger partial charge in [-0.05, 0) is 85.3 Å². The SMILES string of the molecule is COC1(c2ccccc2)O[C-]=NC1c1ccccc1.[CH]1[CH][CH][CH][CH]1.[Ru+2].c1ccc(P(c2ccccc2)c2ccccc2)cc1.c1ccc(P(c2ccccc2)c2ccccc2)cc1. The third kappa shape index (κ3) is 13.1. The summed E-state index contributed by atoms with van der Waals surface area (Å²) < 4.78 is 11.3. The standard InChI is InChI=1S/2C18H15P.C16H14NO2.C5H5.Ru/c2*1-4-10-16(11-5-1)19(17-12-6-2-7-13-17)18-14-8-3-9-15-18;1-18-16(14-10-6-3-7-11-14)15(17-12-19-16)13-8-4-2-5-9-13;1-2-4-5-3-1;/h2*1-15H;2-11,15H,1H3;1-5H;/q;;-1;;+2. The summed E-state index contributed by atoms with van der Waals surface area (Å²) in [4.78, 5) is 4.31. The first-order valence-electron chi connectivity index (χ1n) is 20.6. The zero-order valence-corrected chi connectivity index (χ0v) is 38.6. The average Bonchev–Trinajstić information content (AvgIpc) is 4.11. The molecule has 0 amide bonds. The number of rotatable bonds is 9. The first-order chi connectivity index (χ1) is 30.8. The number of methoxy groups -OCH3 is 1. The van der Waals surface area contributed by atoms with Crippen LogP contribution in [0.1, 0.15) is 17.2 Å². The number of hydrogen-bond donors (Lipinski definition) is 0. The normalized spacial score (nSPS) is 15.9. The molecule has 0 saturated heterocycles. The van der Waals surface area contributed by atoms with E-state index in [9.17, 15) is 0 Å². The van der Waals surface area contributed by atoms with Crippen molar-refractivity contribution in [2.75, 3.05) is 7.11 Å². The zero-order chi connectivity index (χ0) is 42.5. The van der Waals surface area contributed by atoms with Gasteiger partial charge in [0.2, 0.25) is 5.79 Å². The van der Waals surface area contributed by atoms with E-state index in [0.717, 1.165) is 11.1 Å². The van der Waals surface area contributed by atoms with Crippen LogP contribution in [-0.2, 0) is 34.7 Å². The summed E-state index contributed by atoms with van der Waals surface area (Å²) in [5.74, 6) is -0.928. The van der Waals surface area contributed by atoms with E-state index in [-0.39, 0.29) is 25.5 Å². The summed E-state index contributed by atoms with van der Waals surface area (Å²) in [5, 5.41) is 8.39. The molecular weight excluding hydrogens is 894 g/mol. The predicted molar refractivity (Wildman–Crippen MR) is 265 cm³/mol. The molecule has 0 spiro atoms. The maximum atomic E-state index is 5.67. The molecule has 3 nitrogen and oxygen atoms in total. The minimum atomic E-state index is -0.928. The van der Waals surface area contributed by atoms with Crippen molar-refractivity contribution in [3.63, 3.8) is 0 Å². The third-order valence-corrected chi connectivity index (χ3v) is 14.9. The predicted octanol–water partition coefficient (Wildman–Crippen LogP) is 11.1. The average molecular weight is 943 g/mol. The second-order valence-corrected chi connectivity index (χ2v) is 18.5. The quantitative estimate of drug-likeness (QED) is 0.0820. The smallest absolute Gasteiger partial charge is 0.647 e. The summed E-state index contributed by atoms with van der Waals surface area (Å²) in [6, 6.07) is 84.2. The van der Waals surface area contributed by atoms with Crippen LogP contribution in [0, 0.1) is 32.1 Å². The Morgan fingerprint density at radius 1 is 0.397 bits per heavy atom. The molecule has 2 atom stereocenters. The van der Waals surface area contributed by atoms with Crippen LogP contribution in [-0.4, -0.2) is 13.5 Å². The minimum Gasteiger partial charge on any atom is -0.647 e. The van der Waals surface area contributed by atoms with E-state index < -0.39 is 21.6 Å². The number of benzene rings is 8. The number of ether oxygens (including phenoxy) is 2. The van der Waals surface area contributed by atoms with Crippen LogP contribution < -0.4 is 31.8 Å². The summed E-state index contributed by atoms with van der Waals surface area (Å²) in [6.07, 6.45) is 12.6. The maximum Gasteiger partial charge on any atom is 2.00 e. The van der Waals surface area contributed by atoms with Crippen molar-refractivity contribution in [3.8, 4) is 0 Å². The van der Waals surface area contributed by atoms with Crippen molar-refractivity contribution in [1.82, 2.24) is 0 Å². The minimum absolute atomic E-state index is 0. The number of aliphatic imine (C=N–C) groups is 1. The molecular formula is C57H49NO2P2Ru+. The summed E-state index contributed by atoms with van der Waals surface area (Å²) in [7, 11) is 0.738. The molecule has 1 aliphatic heterocycles. The summed E-state index contributed by atoms with van der Waals surface area (Å²) in [6.45, 7) is 0. The van der Waals surface area contributed by atoms with Crippen LogP contribution in [0.4, 0.5) is 0 Å². The van der Waals surface area contributed by atoms with Crippen LogP contribution in [0.25, 0.3) is 0 Å². The molecule has 5 radical (unpaired) electrons. The molecule has 0 bridgehead atoms. The van der Waals surface area contributed by atoms with E-state index in [1.165, 1.54) is 31.8 Å². The Hall–Kier alpha value is -5.33. The van der Waals surface area contributed by atoms with Crippen molar-refractivity contribution in [2.24, 2.45) is 4.99 Å². The molecule has 8 aromatic carbocycles. The molecule has 1 heterocycles. The van der Waals surface area contributed by atoms with Gasteiger partial charge in [0.05, 0.1) is 0 Å². The molecule has 0 N–H and O–H groups in total. The fourth-order valence-electron chi connectivity index (χ4n) is 7.05. The van der Waals surface area contributed by atoms with Gasteiger partial charge >= 0.3 is 19.5 Å². The zero-order valence-electron chi connectivity index (χ0n) is 35.1. The van der Waals surface area contributed by atoms with Crippen LogP contribution in [0.5, 0.6) is 0 Å². The van der Waals surface area contributed by atoms with E-state index >= 15 is 0 Å². The number of hydrogen-bond acceptors (Lipinski definition) is 3. The molecule has 63 heavy (non-hydrogen) atoms. The Balaban J connectivity index is 0.000000147. The van der Waals surface area contributed by atoms with Crippen molar-refractivity contribution < 1.29 is 29.0 Å². The molecule has 311 valence electrons. The molecule has 8 aromatic rings. The van der Waals surface area contributed by atoms with Crippen LogP contribution >= 0.6 is 15.8 Å². The van der Waals surface area contributed by atoms with Gasteiger partial charge in [-0.2, -0.15) is 6.40 Å². The molecule has 0 aromatic heterocycles. The van der Waals surface area contributed by atoms with Gasteiger partial charge in [-0.25, -0.2) is 0 Å². The molecule has 6 heteroatoms. The van der Waals surface area contributed by atoms with Crippen LogP contribution in [0.3, 0.4) is 0 Å². The van der Waals surface area contributed by atoms with Crippen LogP contribution in [0.2, 0.25) is 0 Å². The Morgan fingerprint density at radius 2 is 0.651 bits per heavy atom. The van der Waals surface area contributed by atoms with E-state index in [2.05, 4.69) is 193 Å². The topological polar surface area (TPSA) is 30.8 Å². The first-order valence-corrected chi connectivity index (χ1v) is 23.3. The van der Waals surface area contributed by atoms with Gasteiger partial charge < -0.3 is 14.5 Å². The largest absolute Gasteiger partial charge is 2.00 e. The van der Waals surface area contributed by atoms with Gasteiger partial charge in [0.1, 0.15) is 6.04 Å². The van der Waals surface area contributed by atoms with Gasteiger partial charge in [0.15, 0.2) is 0 Å². The van der Waals surface area contributed by atoms with Gasteiger partial charge in [-0.15, -0.1) is 0 Å². The van der Waals surface area contributed by atoms with E-state index in [1.54, 1.807) is 7.11 Å². The molecule has 10 rings (SSSR count). The molecule has 2 unspecified atom stereocenters. The summed E-state index contributed by atoms with van der Waals surface area (Å²) in [5.41, 5.74) is 1.97. The second-order valence-electron chi connectivity index (χ2n) is 14.0. The van der Waals surface area contributed by atoms with E-state index in [4.69, 9.17) is 9.47 Å². The van der Waals surface area contributed by atoms with Gasteiger partial charge in [0, 0.05) is 12.7 Å². The van der Waals surface area contributed by atoms with Crippen molar-refractivity contribution in [2.45, 2.75) is 11.8 Å². The third-order valence-electron chi connectivity index (χ3n) is 9.98. The van der Waals surface area contributed by atoms with E-state index in [1.807, 2.05) is 92.8 Å². The van der Waals surface area contributed by atoms with Crippen molar-refractivity contribution in [1.29, 1.82) is 0 Å². The molecule has 1 aliphatic carbocycles. The first kappa shape index (κ1) is 47.2. The van der Waals surface area contributed by atoms with Crippen molar-refractivity contribution in [3.05, 3.63) is 286 Å². The summed E-state index contributed by atoms with van der Waals surface area (Å²) >= 11 is 0. The Labute approximate surface area is 390 Å². The Kier molecular flexibility index (Phi) is 19.2. The fraction of sp³-hybridized carbons (Fsp3) is 0.0526. The Morgan fingerprint density at radius 3 is 0.921 bits per heavy atom. The van der Waals surface area contributed by atoms with Crippen molar-refractivity contribution >= 4 is 54.1 Å². The monoisotopic (exact) mass is 943 g/mol. The Bertz CT molecular complexity index is 2130.